The van der Waals surface area contributed by atoms with E-state index in [0.29, 0.717) is 22.2 Å². The SMILES string of the molecule is Cc1cc(C)n(-c2cc(NC(=O)c3sc(-n4cccc4)nc3C)ncn2)n1. The molecule has 0 spiro atoms. The lowest BCUT2D eigenvalue weighted by Gasteiger charge is -2.06. The lowest BCUT2D eigenvalue weighted by molar-refractivity contribution is 0.102. The van der Waals surface area contributed by atoms with Crippen molar-refractivity contribution >= 4 is 23.1 Å². The van der Waals surface area contributed by atoms with E-state index in [1.54, 1.807) is 10.7 Å². The predicted molar refractivity (Wildman–Crippen MR) is 103 cm³/mol. The molecule has 0 aliphatic carbocycles. The fraction of sp³-hybridized carbons (Fsp3) is 0.167. The summed E-state index contributed by atoms with van der Waals surface area (Å²) in [4.78, 5) is 26.1. The van der Waals surface area contributed by atoms with Crippen molar-refractivity contribution in [1.82, 2.24) is 29.3 Å². The van der Waals surface area contributed by atoms with E-state index in [9.17, 15) is 4.79 Å². The molecule has 0 saturated heterocycles. The molecular formula is C18H17N7OS. The van der Waals surface area contributed by atoms with Crippen LogP contribution in [0.5, 0.6) is 0 Å². The van der Waals surface area contributed by atoms with Crippen LogP contribution in [-0.4, -0.2) is 35.2 Å². The second kappa shape index (κ2) is 6.76. The van der Waals surface area contributed by atoms with Crippen LogP contribution >= 0.6 is 11.3 Å². The van der Waals surface area contributed by atoms with E-state index in [4.69, 9.17) is 0 Å². The molecule has 27 heavy (non-hydrogen) atoms. The number of nitrogens with zero attached hydrogens (tertiary/aromatic N) is 6. The second-order valence-electron chi connectivity index (χ2n) is 6.06. The molecule has 0 atom stereocenters. The molecule has 4 heterocycles. The Morgan fingerprint density at radius 1 is 1.11 bits per heavy atom. The fourth-order valence-electron chi connectivity index (χ4n) is 2.73. The molecule has 4 aromatic rings. The molecule has 8 nitrogen and oxygen atoms in total. The van der Waals surface area contributed by atoms with E-state index in [-0.39, 0.29) is 5.91 Å². The van der Waals surface area contributed by atoms with Gasteiger partial charge in [0.05, 0.1) is 11.4 Å². The Bertz CT molecular complexity index is 1110. The van der Waals surface area contributed by atoms with Crippen molar-refractivity contribution in [3.63, 3.8) is 0 Å². The molecule has 0 fully saturated rings. The molecule has 0 bridgehead atoms. The van der Waals surface area contributed by atoms with Gasteiger partial charge in [0.1, 0.15) is 17.0 Å². The van der Waals surface area contributed by atoms with Crippen LogP contribution < -0.4 is 5.32 Å². The van der Waals surface area contributed by atoms with E-state index in [1.165, 1.54) is 17.7 Å². The summed E-state index contributed by atoms with van der Waals surface area (Å²) in [7, 11) is 0. The maximum atomic E-state index is 12.7. The molecule has 1 N–H and O–H groups in total. The summed E-state index contributed by atoms with van der Waals surface area (Å²) in [6, 6.07) is 7.49. The molecule has 4 rings (SSSR count). The van der Waals surface area contributed by atoms with Crippen LogP contribution in [-0.2, 0) is 0 Å². The van der Waals surface area contributed by atoms with Crippen LogP contribution in [0.2, 0.25) is 0 Å². The highest BCUT2D eigenvalue weighted by Gasteiger charge is 2.17. The average Bonchev–Trinajstić information content (AvgIpc) is 3.35. The van der Waals surface area contributed by atoms with Crippen molar-refractivity contribution in [3.05, 3.63) is 64.9 Å². The lowest BCUT2D eigenvalue weighted by Crippen LogP contribution is -2.13. The minimum atomic E-state index is -0.249. The van der Waals surface area contributed by atoms with Gasteiger partial charge in [-0.05, 0) is 39.0 Å². The van der Waals surface area contributed by atoms with Gasteiger partial charge in [-0.2, -0.15) is 5.10 Å². The average molecular weight is 379 g/mol. The van der Waals surface area contributed by atoms with E-state index in [1.807, 2.05) is 55.9 Å². The van der Waals surface area contributed by atoms with E-state index in [0.717, 1.165) is 16.5 Å². The third-order valence-corrected chi connectivity index (χ3v) is 5.11. The van der Waals surface area contributed by atoms with Crippen LogP contribution in [0.1, 0.15) is 26.8 Å². The van der Waals surface area contributed by atoms with Gasteiger partial charge in [0.25, 0.3) is 5.91 Å². The third kappa shape index (κ3) is 3.36. The molecule has 136 valence electrons. The zero-order chi connectivity index (χ0) is 19.0. The van der Waals surface area contributed by atoms with Gasteiger partial charge in [-0.1, -0.05) is 11.3 Å². The first kappa shape index (κ1) is 17.1. The predicted octanol–water partition coefficient (Wildman–Crippen LogP) is 3.09. The van der Waals surface area contributed by atoms with Crippen molar-refractivity contribution in [3.8, 4) is 10.9 Å². The second-order valence-corrected chi connectivity index (χ2v) is 7.03. The van der Waals surface area contributed by atoms with E-state index in [2.05, 4.69) is 25.4 Å². The lowest BCUT2D eigenvalue weighted by atomic mass is 10.3. The number of nitrogens with one attached hydrogen (secondary N) is 1. The number of rotatable bonds is 4. The van der Waals surface area contributed by atoms with Gasteiger partial charge in [-0.3, -0.25) is 4.79 Å². The van der Waals surface area contributed by atoms with Gasteiger partial charge in [0, 0.05) is 24.2 Å². The summed E-state index contributed by atoms with van der Waals surface area (Å²) in [5, 5.41) is 7.98. The number of aromatic nitrogens is 6. The molecule has 4 aromatic heterocycles. The van der Waals surface area contributed by atoms with Gasteiger partial charge in [-0.15, -0.1) is 0 Å². The summed E-state index contributed by atoms with van der Waals surface area (Å²) < 4.78 is 3.59. The molecule has 1 amide bonds. The molecular weight excluding hydrogens is 362 g/mol. The Labute approximate surface area is 159 Å². The zero-order valence-corrected chi connectivity index (χ0v) is 15.9. The standard InChI is InChI=1S/C18H17N7OS/c1-11-8-12(2)25(23-11)15-9-14(19-10-20-15)22-17(26)16-13(3)21-18(27-16)24-6-4-5-7-24/h4-10H,1-3H3,(H,19,20,22,26). The van der Waals surface area contributed by atoms with Gasteiger partial charge in [-0.25, -0.2) is 19.6 Å². The minimum Gasteiger partial charge on any atom is -0.306 e. The summed E-state index contributed by atoms with van der Waals surface area (Å²) in [5.41, 5.74) is 2.53. The Balaban J connectivity index is 1.59. The zero-order valence-electron chi connectivity index (χ0n) is 15.0. The first-order valence-electron chi connectivity index (χ1n) is 8.29. The van der Waals surface area contributed by atoms with Crippen molar-refractivity contribution < 1.29 is 4.79 Å². The number of amides is 1. The van der Waals surface area contributed by atoms with Crippen molar-refractivity contribution in [2.75, 3.05) is 5.32 Å². The molecule has 0 saturated carbocycles. The van der Waals surface area contributed by atoms with Gasteiger partial charge >= 0.3 is 0 Å². The molecule has 0 radical (unpaired) electrons. The van der Waals surface area contributed by atoms with Crippen LogP contribution in [0.25, 0.3) is 10.9 Å². The fourth-order valence-corrected chi connectivity index (χ4v) is 3.66. The number of aryl methyl sites for hydroxylation is 3. The molecule has 0 aliphatic rings. The Kier molecular flexibility index (Phi) is 4.28. The first-order chi connectivity index (χ1) is 13.0. The highest BCUT2D eigenvalue weighted by molar-refractivity contribution is 7.16. The normalized spacial score (nSPS) is 10.9. The Morgan fingerprint density at radius 3 is 2.59 bits per heavy atom. The van der Waals surface area contributed by atoms with E-state index < -0.39 is 0 Å². The van der Waals surface area contributed by atoms with Crippen LogP contribution in [0, 0.1) is 20.8 Å². The third-order valence-electron chi connectivity index (χ3n) is 3.94. The van der Waals surface area contributed by atoms with Gasteiger partial charge in [0.15, 0.2) is 10.9 Å². The van der Waals surface area contributed by atoms with Gasteiger partial charge < -0.3 is 9.88 Å². The summed E-state index contributed by atoms with van der Waals surface area (Å²) >= 11 is 1.33. The van der Waals surface area contributed by atoms with Crippen molar-refractivity contribution in [2.24, 2.45) is 0 Å². The smallest absolute Gasteiger partial charge is 0.268 e. The number of anilines is 1. The van der Waals surface area contributed by atoms with Crippen LogP contribution in [0.4, 0.5) is 5.82 Å². The highest BCUT2D eigenvalue weighted by atomic mass is 32.1. The van der Waals surface area contributed by atoms with E-state index >= 15 is 0 Å². The summed E-state index contributed by atoms with van der Waals surface area (Å²) in [5.74, 6) is 0.759. The molecule has 0 unspecified atom stereocenters. The number of carbonyl (C=O) groups is 1. The largest absolute Gasteiger partial charge is 0.306 e. The van der Waals surface area contributed by atoms with Gasteiger partial charge in [0.2, 0.25) is 0 Å². The molecule has 0 aromatic carbocycles. The maximum absolute atomic E-state index is 12.7. The highest BCUT2D eigenvalue weighted by Crippen LogP contribution is 2.23. The number of hydrogen-bond acceptors (Lipinski definition) is 6. The Hall–Kier alpha value is -3.33. The van der Waals surface area contributed by atoms with Crippen LogP contribution in [0.3, 0.4) is 0 Å². The topological polar surface area (TPSA) is 90.5 Å². The summed E-state index contributed by atoms with van der Waals surface area (Å²) in [6.07, 6.45) is 5.20. The monoisotopic (exact) mass is 379 g/mol. The Morgan fingerprint density at radius 2 is 1.89 bits per heavy atom. The minimum absolute atomic E-state index is 0.249. The number of hydrogen-bond donors (Lipinski definition) is 1. The van der Waals surface area contributed by atoms with Crippen LogP contribution in [0.15, 0.2) is 43.0 Å². The summed E-state index contributed by atoms with van der Waals surface area (Å²) in [6.45, 7) is 5.69. The van der Waals surface area contributed by atoms with Crippen molar-refractivity contribution in [1.29, 1.82) is 0 Å². The number of thiazole rings is 1. The molecule has 9 heteroatoms. The first-order valence-corrected chi connectivity index (χ1v) is 9.11. The van der Waals surface area contributed by atoms with Crippen molar-refractivity contribution in [2.45, 2.75) is 20.8 Å². The quantitative estimate of drug-likeness (QED) is 0.588. The maximum Gasteiger partial charge on any atom is 0.268 e. The molecule has 0 aliphatic heterocycles. The number of carbonyl (C=O) groups excluding carboxylic acids is 1.